The predicted octanol–water partition coefficient (Wildman–Crippen LogP) is 3.81. The molecule has 0 radical (unpaired) electrons. The standard InChI is InChI=1S/C23H27NO4/c1-28-21-9-5-3-7-19(21)16-17-12-14-24(15-13-17)22(25)11-10-18-6-2-4-8-20(18)23(26)27/h2-9,17H,10-16H2,1H3,(H,26,27). The molecule has 1 fully saturated rings. The number of methoxy groups -OCH3 is 1. The number of carbonyl (C=O) groups is 2. The highest BCUT2D eigenvalue weighted by Gasteiger charge is 2.23. The molecule has 0 aliphatic carbocycles. The monoisotopic (exact) mass is 381 g/mol. The quantitative estimate of drug-likeness (QED) is 0.792. The van der Waals surface area contributed by atoms with Crippen LogP contribution in [0.25, 0.3) is 0 Å². The molecular formula is C23H27NO4. The summed E-state index contributed by atoms with van der Waals surface area (Å²) in [4.78, 5) is 25.8. The molecule has 1 aliphatic heterocycles. The summed E-state index contributed by atoms with van der Waals surface area (Å²) in [7, 11) is 1.70. The smallest absolute Gasteiger partial charge is 0.335 e. The van der Waals surface area contributed by atoms with Crippen LogP contribution in [0.4, 0.5) is 0 Å². The molecule has 0 spiro atoms. The molecule has 3 rings (SSSR count). The zero-order valence-corrected chi connectivity index (χ0v) is 16.3. The number of para-hydroxylation sites is 1. The fraction of sp³-hybridized carbons (Fsp3) is 0.391. The van der Waals surface area contributed by atoms with Crippen LogP contribution in [0.15, 0.2) is 48.5 Å². The number of carbonyl (C=O) groups excluding carboxylic acids is 1. The Hall–Kier alpha value is -2.82. The van der Waals surface area contributed by atoms with Gasteiger partial charge in [0.05, 0.1) is 12.7 Å². The fourth-order valence-corrected chi connectivity index (χ4v) is 3.92. The van der Waals surface area contributed by atoms with Crippen LogP contribution >= 0.6 is 0 Å². The van der Waals surface area contributed by atoms with Crippen molar-refractivity contribution in [3.05, 3.63) is 65.2 Å². The van der Waals surface area contributed by atoms with E-state index in [0.29, 0.717) is 18.8 Å². The van der Waals surface area contributed by atoms with Crippen LogP contribution in [0.2, 0.25) is 0 Å². The van der Waals surface area contributed by atoms with Gasteiger partial charge in [-0.2, -0.15) is 0 Å². The lowest BCUT2D eigenvalue weighted by molar-refractivity contribution is -0.132. The minimum Gasteiger partial charge on any atom is -0.496 e. The lowest BCUT2D eigenvalue weighted by Crippen LogP contribution is -2.39. The molecule has 5 heteroatoms. The molecule has 1 amide bonds. The van der Waals surface area contributed by atoms with Crippen molar-refractivity contribution in [1.82, 2.24) is 4.90 Å². The predicted molar refractivity (Wildman–Crippen MR) is 108 cm³/mol. The van der Waals surface area contributed by atoms with Gasteiger partial charge >= 0.3 is 5.97 Å². The van der Waals surface area contributed by atoms with Gasteiger partial charge in [0.25, 0.3) is 0 Å². The molecule has 1 aliphatic rings. The summed E-state index contributed by atoms with van der Waals surface area (Å²) < 4.78 is 5.44. The van der Waals surface area contributed by atoms with Gasteiger partial charge in [-0.1, -0.05) is 36.4 Å². The van der Waals surface area contributed by atoms with E-state index < -0.39 is 5.97 Å². The van der Waals surface area contributed by atoms with Crippen molar-refractivity contribution >= 4 is 11.9 Å². The van der Waals surface area contributed by atoms with Crippen molar-refractivity contribution < 1.29 is 19.4 Å². The Labute approximate surface area is 165 Å². The molecule has 0 atom stereocenters. The van der Waals surface area contributed by atoms with Crippen molar-refractivity contribution in [3.8, 4) is 5.75 Å². The van der Waals surface area contributed by atoms with Crippen LogP contribution < -0.4 is 4.74 Å². The SMILES string of the molecule is COc1ccccc1CC1CCN(C(=O)CCc2ccccc2C(=O)O)CC1. The first kappa shape index (κ1) is 19.9. The third-order valence-corrected chi connectivity index (χ3v) is 5.52. The van der Waals surface area contributed by atoms with Crippen LogP contribution in [-0.2, 0) is 17.6 Å². The first-order chi connectivity index (χ1) is 13.6. The second kappa shape index (κ2) is 9.40. The number of likely N-dealkylation sites (tertiary alicyclic amines) is 1. The minimum absolute atomic E-state index is 0.107. The maximum Gasteiger partial charge on any atom is 0.335 e. The highest BCUT2D eigenvalue weighted by atomic mass is 16.5. The lowest BCUT2D eigenvalue weighted by Gasteiger charge is -2.32. The van der Waals surface area contributed by atoms with E-state index in [0.717, 1.165) is 43.7 Å². The van der Waals surface area contributed by atoms with E-state index in [1.807, 2.05) is 29.2 Å². The Morgan fingerprint density at radius 3 is 2.36 bits per heavy atom. The molecular weight excluding hydrogens is 354 g/mol. The van der Waals surface area contributed by atoms with Crippen molar-refractivity contribution in [2.45, 2.75) is 32.1 Å². The van der Waals surface area contributed by atoms with Crippen molar-refractivity contribution in [3.63, 3.8) is 0 Å². The van der Waals surface area contributed by atoms with Gasteiger partial charge in [-0.15, -0.1) is 0 Å². The maximum atomic E-state index is 12.6. The average Bonchev–Trinajstić information content (AvgIpc) is 2.73. The number of benzene rings is 2. The number of amides is 1. The number of hydrogen-bond acceptors (Lipinski definition) is 3. The average molecular weight is 381 g/mol. The number of aromatic carboxylic acids is 1. The molecule has 1 N–H and O–H groups in total. The highest BCUT2D eigenvalue weighted by molar-refractivity contribution is 5.89. The largest absolute Gasteiger partial charge is 0.496 e. The first-order valence-electron chi connectivity index (χ1n) is 9.79. The number of piperidine rings is 1. The Kier molecular flexibility index (Phi) is 6.69. The van der Waals surface area contributed by atoms with Gasteiger partial charge in [0.1, 0.15) is 5.75 Å². The van der Waals surface area contributed by atoms with Crippen molar-refractivity contribution in [2.24, 2.45) is 5.92 Å². The van der Waals surface area contributed by atoms with Crippen LogP contribution in [-0.4, -0.2) is 42.1 Å². The fourth-order valence-electron chi connectivity index (χ4n) is 3.92. The summed E-state index contributed by atoms with van der Waals surface area (Å²) in [6.07, 6.45) is 3.74. The van der Waals surface area contributed by atoms with Crippen molar-refractivity contribution in [2.75, 3.05) is 20.2 Å². The van der Waals surface area contributed by atoms with E-state index in [1.54, 1.807) is 25.3 Å². The topological polar surface area (TPSA) is 66.8 Å². The third kappa shape index (κ3) is 4.91. The molecule has 5 nitrogen and oxygen atoms in total. The summed E-state index contributed by atoms with van der Waals surface area (Å²) in [6, 6.07) is 15.0. The number of carboxylic acid groups (broad SMARTS) is 1. The summed E-state index contributed by atoms with van der Waals surface area (Å²) in [5.74, 6) is 0.641. The van der Waals surface area contributed by atoms with Gasteiger partial charge in [-0.3, -0.25) is 4.79 Å². The van der Waals surface area contributed by atoms with E-state index in [9.17, 15) is 14.7 Å². The normalized spacial score (nSPS) is 14.7. The molecule has 1 saturated heterocycles. The Bertz CT molecular complexity index is 825. The summed E-state index contributed by atoms with van der Waals surface area (Å²) in [5, 5.41) is 9.26. The molecule has 2 aromatic carbocycles. The maximum absolute atomic E-state index is 12.6. The first-order valence-corrected chi connectivity index (χ1v) is 9.79. The third-order valence-electron chi connectivity index (χ3n) is 5.52. The van der Waals surface area contributed by atoms with E-state index in [2.05, 4.69) is 6.07 Å². The van der Waals surface area contributed by atoms with Gasteiger partial charge in [0.2, 0.25) is 5.91 Å². The molecule has 0 unspecified atom stereocenters. The van der Waals surface area contributed by atoms with E-state index in [-0.39, 0.29) is 11.5 Å². The second-order valence-electron chi connectivity index (χ2n) is 7.30. The summed E-state index contributed by atoms with van der Waals surface area (Å²) in [5.41, 5.74) is 2.22. The molecule has 148 valence electrons. The number of nitrogens with zero attached hydrogens (tertiary/aromatic N) is 1. The van der Waals surface area contributed by atoms with Gasteiger partial charge in [-0.25, -0.2) is 4.79 Å². The summed E-state index contributed by atoms with van der Waals surface area (Å²) in [6.45, 7) is 1.53. The molecule has 2 aromatic rings. The molecule has 28 heavy (non-hydrogen) atoms. The molecule has 0 saturated carbocycles. The number of ether oxygens (including phenoxy) is 1. The lowest BCUT2D eigenvalue weighted by atomic mass is 9.89. The van der Waals surface area contributed by atoms with Crippen LogP contribution in [0, 0.1) is 5.92 Å². The number of hydrogen-bond donors (Lipinski definition) is 1. The van der Waals surface area contributed by atoms with E-state index in [1.165, 1.54) is 5.56 Å². The zero-order chi connectivity index (χ0) is 19.9. The van der Waals surface area contributed by atoms with Gasteiger partial charge in [0, 0.05) is 19.5 Å². The van der Waals surface area contributed by atoms with E-state index >= 15 is 0 Å². The Morgan fingerprint density at radius 2 is 1.68 bits per heavy atom. The van der Waals surface area contributed by atoms with Crippen LogP contribution in [0.3, 0.4) is 0 Å². The van der Waals surface area contributed by atoms with Crippen molar-refractivity contribution in [1.29, 1.82) is 0 Å². The van der Waals surface area contributed by atoms with E-state index in [4.69, 9.17) is 4.74 Å². The number of rotatable bonds is 7. The Balaban J connectivity index is 1.50. The molecule has 0 bridgehead atoms. The second-order valence-corrected chi connectivity index (χ2v) is 7.30. The van der Waals surface area contributed by atoms with Crippen LogP contribution in [0.5, 0.6) is 5.75 Å². The molecule has 0 aromatic heterocycles. The van der Waals surface area contributed by atoms with Gasteiger partial charge in [0.15, 0.2) is 0 Å². The molecule has 1 heterocycles. The Morgan fingerprint density at radius 1 is 1.04 bits per heavy atom. The van der Waals surface area contributed by atoms with Gasteiger partial charge in [-0.05, 0) is 54.9 Å². The van der Waals surface area contributed by atoms with Gasteiger partial charge < -0.3 is 14.7 Å². The highest BCUT2D eigenvalue weighted by Crippen LogP contribution is 2.27. The summed E-state index contributed by atoms with van der Waals surface area (Å²) >= 11 is 0. The number of aryl methyl sites for hydroxylation is 1. The van der Waals surface area contributed by atoms with Crippen LogP contribution in [0.1, 0.15) is 40.7 Å². The minimum atomic E-state index is -0.944. The zero-order valence-electron chi connectivity index (χ0n) is 16.3. The number of carboxylic acids is 1.